The molecule has 0 spiro atoms. The van der Waals surface area contributed by atoms with Gasteiger partial charge >= 0.3 is 10.2 Å². The lowest BCUT2D eigenvalue weighted by molar-refractivity contribution is -0.148. The van der Waals surface area contributed by atoms with Gasteiger partial charge in [0.2, 0.25) is 5.91 Å². The Labute approximate surface area is 332 Å². The van der Waals surface area contributed by atoms with Crippen molar-refractivity contribution in [2.45, 2.75) is 88.1 Å². The Morgan fingerprint density at radius 2 is 1.88 bits per heavy atom. The van der Waals surface area contributed by atoms with Crippen LogP contribution in [0.2, 0.25) is 5.02 Å². The molecule has 3 aliphatic heterocycles. The predicted octanol–water partition coefficient (Wildman–Crippen LogP) is 4.53. The summed E-state index contributed by atoms with van der Waals surface area (Å²) in [6.07, 6.45) is 9.04. The van der Waals surface area contributed by atoms with Gasteiger partial charge in [-0.1, -0.05) is 35.9 Å². The first-order chi connectivity index (χ1) is 26.7. The summed E-state index contributed by atoms with van der Waals surface area (Å²) >= 11 is 6.38. The van der Waals surface area contributed by atoms with Crippen molar-refractivity contribution in [3.05, 3.63) is 70.3 Å². The fraction of sp³-hybridized carbons (Fsp3) is 0.600. The standard InChI is InChI=1S/C40H52ClF2N5O7S/c1-46-16-4-3-7-35(54-19-18-47-25-39(42,43)26-47)33-14-9-28(33)23-48-17-5-2-6-27-20-31(41)11-8-29(27)24-55-36-15-10-30(21-34(36)48)40(51,22-37(46)49)38(50)45-56(52,53)44-32-12-13-32/h3,7-8,10-11,15,20-21,28,32-33,35,44,51H,2,4-6,9,12-14,16-19,22-26H2,1H3,(H,45,50)/b7-3+/t28-,33+,35-,40+/m0/s1. The maximum atomic E-state index is 14.0. The molecule has 306 valence electrons. The SMILES string of the molecule is CN1CC/C=C/[C@H](OCCN2CC(F)(F)C2)[C@@H]2CC[C@H]2CN2CCCCc3cc(Cl)ccc3COc3ccc(cc32)[C@@](O)(C(=O)NS(=O)(=O)NC2CC2)CC1=O. The summed E-state index contributed by atoms with van der Waals surface area (Å²) in [7, 11) is -2.76. The number of carbonyl (C=O) groups is 2. The third-order valence-corrected chi connectivity index (χ3v) is 13.1. The van der Waals surface area contributed by atoms with Gasteiger partial charge in [-0.3, -0.25) is 14.5 Å². The Hall–Kier alpha value is -3.34. The quantitative estimate of drug-likeness (QED) is 0.328. The maximum absolute atomic E-state index is 14.0. The van der Waals surface area contributed by atoms with Gasteiger partial charge in [0, 0.05) is 44.3 Å². The summed E-state index contributed by atoms with van der Waals surface area (Å²) in [6, 6.07) is 10.3. The number of amides is 2. The van der Waals surface area contributed by atoms with E-state index in [2.05, 4.69) is 9.62 Å². The van der Waals surface area contributed by atoms with Crippen LogP contribution in [0.5, 0.6) is 5.75 Å². The molecule has 2 amide bonds. The third-order valence-electron chi connectivity index (χ3n) is 11.7. The second-order valence-electron chi connectivity index (χ2n) is 16.1. The first-order valence-corrected chi connectivity index (χ1v) is 21.5. The Morgan fingerprint density at radius 3 is 2.61 bits per heavy atom. The van der Waals surface area contributed by atoms with Crippen molar-refractivity contribution in [1.29, 1.82) is 0 Å². The molecule has 2 aliphatic carbocycles. The van der Waals surface area contributed by atoms with Gasteiger partial charge in [-0.2, -0.15) is 13.1 Å². The van der Waals surface area contributed by atoms with Crippen molar-refractivity contribution < 1.29 is 41.4 Å². The number of ether oxygens (including phenoxy) is 2. The van der Waals surface area contributed by atoms with E-state index in [1.54, 1.807) is 24.1 Å². The third kappa shape index (κ3) is 9.84. The summed E-state index contributed by atoms with van der Waals surface area (Å²) in [4.78, 5) is 33.0. The second kappa shape index (κ2) is 16.9. The smallest absolute Gasteiger partial charge is 0.301 e. The monoisotopic (exact) mass is 819 g/mol. The maximum Gasteiger partial charge on any atom is 0.301 e. The summed E-state index contributed by atoms with van der Waals surface area (Å²) < 4.78 is 70.3. The van der Waals surface area contributed by atoms with Crippen LogP contribution in [0.3, 0.4) is 0 Å². The van der Waals surface area contributed by atoms with Gasteiger partial charge in [-0.25, -0.2) is 13.5 Å². The van der Waals surface area contributed by atoms with Gasteiger partial charge in [0.1, 0.15) is 12.4 Å². The lowest BCUT2D eigenvalue weighted by Gasteiger charge is -2.44. The van der Waals surface area contributed by atoms with Gasteiger partial charge in [-0.15, -0.1) is 0 Å². The highest BCUT2D eigenvalue weighted by molar-refractivity contribution is 7.88. The van der Waals surface area contributed by atoms with Crippen molar-refractivity contribution in [1.82, 2.24) is 19.2 Å². The minimum atomic E-state index is -4.33. The van der Waals surface area contributed by atoms with E-state index >= 15 is 0 Å². The highest BCUT2D eigenvalue weighted by Gasteiger charge is 2.46. The molecule has 3 N–H and O–H groups in total. The van der Waals surface area contributed by atoms with E-state index in [1.165, 1.54) is 11.0 Å². The Balaban J connectivity index is 1.23. The van der Waals surface area contributed by atoms with Crippen LogP contribution in [0.15, 0.2) is 48.6 Å². The van der Waals surface area contributed by atoms with Crippen LogP contribution in [-0.4, -0.2) is 106 Å². The van der Waals surface area contributed by atoms with Gasteiger partial charge < -0.3 is 24.4 Å². The van der Waals surface area contributed by atoms with Crippen LogP contribution >= 0.6 is 11.6 Å². The number of benzene rings is 2. The Morgan fingerprint density at radius 1 is 1.07 bits per heavy atom. The molecule has 56 heavy (non-hydrogen) atoms. The van der Waals surface area contributed by atoms with Crippen LogP contribution in [0.25, 0.3) is 0 Å². The highest BCUT2D eigenvalue weighted by Crippen LogP contribution is 2.43. The van der Waals surface area contributed by atoms with Crippen LogP contribution in [0, 0.1) is 11.8 Å². The molecule has 12 nitrogen and oxygen atoms in total. The van der Waals surface area contributed by atoms with Crippen LogP contribution in [0.4, 0.5) is 14.5 Å². The number of anilines is 1. The molecule has 16 heteroatoms. The molecule has 3 heterocycles. The number of fused-ring (bicyclic) bond motifs is 3. The van der Waals surface area contributed by atoms with Crippen molar-refractivity contribution >= 4 is 39.3 Å². The van der Waals surface area contributed by atoms with E-state index in [9.17, 15) is 31.9 Å². The van der Waals surface area contributed by atoms with E-state index in [0.717, 1.165) is 43.2 Å². The van der Waals surface area contributed by atoms with Crippen molar-refractivity contribution in [2.75, 3.05) is 57.8 Å². The number of rotatable bonds is 8. The van der Waals surface area contributed by atoms with E-state index in [4.69, 9.17) is 21.1 Å². The summed E-state index contributed by atoms with van der Waals surface area (Å²) in [5, 5.41) is 13.0. The molecule has 2 bridgehead atoms. The normalized spacial score (nSPS) is 28.0. The molecule has 2 saturated carbocycles. The number of aryl methyl sites for hydroxylation is 1. The summed E-state index contributed by atoms with van der Waals surface area (Å²) in [6.45, 7) is 1.91. The van der Waals surface area contributed by atoms with E-state index in [0.29, 0.717) is 62.0 Å². The second-order valence-corrected chi connectivity index (χ2v) is 18.0. The number of nitrogens with zero attached hydrogens (tertiary/aromatic N) is 3. The van der Waals surface area contributed by atoms with Gasteiger partial charge in [0.15, 0.2) is 5.60 Å². The molecule has 2 aromatic carbocycles. The highest BCUT2D eigenvalue weighted by atomic mass is 35.5. The minimum Gasteiger partial charge on any atom is -0.487 e. The molecular formula is C40H52ClF2N5O7S. The summed E-state index contributed by atoms with van der Waals surface area (Å²) in [5.41, 5.74) is 0.193. The lowest BCUT2D eigenvalue weighted by Crippen LogP contribution is -2.57. The van der Waals surface area contributed by atoms with Crippen LogP contribution in [-0.2, 0) is 43.2 Å². The molecule has 3 fully saturated rings. The number of hydrogen-bond acceptors (Lipinski definition) is 9. The predicted molar refractivity (Wildman–Crippen MR) is 208 cm³/mol. The molecule has 5 aliphatic rings. The lowest BCUT2D eigenvalue weighted by atomic mass is 9.70. The topological polar surface area (TPSA) is 141 Å². The zero-order valence-corrected chi connectivity index (χ0v) is 33.3. The largest absolute Gasteiger partial charge is 0.487 e. The Kier molecular flexibility index (Phi) is 12.3. The van der Waals surface area contributed by atoms with Gasteiger partial charge in [-0.05, 0) is 104 Å². The van der Waals surface area contributed by atoms with E-state index < -0.39 is 40.0 Å². The molecule has 0 aromatic heterocycles. The number of carbonyl (C=O) groups excluding carboxylic acids is 2. The van der Waals surface area contributed by atoms with E-state index in [-0.39, 0.29) is 55.8 Å². The van der Waals surface area contributed by atoms with E-state index in [1.807, 2.05) is 35.1 Å². The molecule has 4 atom stereocenters. The summed E-state index contributed by atoms with van der Waals surface area (Å²) in [5.74, 6) is -3.61. The first-order valence-electron chi connectivity index (χ1n) is 19.7. The van der Waals surface area contributed by atoms with Crippen molar-refractivity contribution in [3.8, 4) is 5.75 Å². The minimum absolute atomic E-state index is 0.0581. The van der Waals surface area contributed by atoms with Gasteiger partial charge in [0.25, 0.3) is 11.8 Å². The average Bonchev–Trinajstić information content (AvgIpc) is 3.93. The Bertz CT molecular complexity index is 1910. The molecule has 0 unspecified atom stereocenters. The van der Waals surface area contributed by atoms with Crippen molar-refractivity contribution in [2.24, 2.45) is 11.8 Å². The molecule has 1 saturated heterocycles. The van der Waals surface area contributed by atoms with Crippen LogP contribution in [0.1, 0.15) is 68.1 Å². The average molecular weight is 820 g/mol. The molecule has 2 aromatic rings. The number of nitrogens with one attached hydrogen (secondary N) is 2. The zero-order chi connectivity index (χ0) is 39.7. The molecule has 0 radical (unpaired) electrons. The number of hydrogen-bond donors (Lipinski definition) is 3. The van der Waals surface area contributed by atoms with Crippen LogP contribution < -0.4 is 19.1 Å². The van der Waals surface area contributed by atoms with Crippen molar-refractivity contribution in [3.63, 3.8) is 0 Å². The molecule has 7 rings (SSSR count). The zero-order valence-electron chi connectivity index (χ0n) is 31.7. The van der Waals surface area contributed by atoms with Gasteiger partial charge in [0.05, 0.1) is 37.9 Å². The molecular weight excluding hydrogens is 768 g/mol. The fourth-order valence-electron chi connectivity index (χ4n) is 8.09. The number of likely N-dealkylation sites (tertiary alicyclic amines) is 1. The number of aliphatic hydroxyl groups is 1. The first kappa shape index (κ1) is 40.8. The number of halogens is 3. The fourth-order valence-corrected chi connectivity index (χ4v) is 9.43. The number of alkyl halides is 2.